The first kappa shape index (κ1) is 13.6. The van der Waals surface area contributed by atoms with Crippen molar-refractivity contribution in [1.29, 1.82) is 0 Å². The fourth-order valence-corrected chi connectivity index (χ4v) is 3.95. The third-order valence-corrected chi connectivity index (χ3v) is 5.00. The van der Waals surface area contributed by atoms with Gasteiger partial charge >= 0.3 is 0 Å². The van der Waals surface area contributed by atoms with Crippen LogP contribution in [-0.4, -0.2) is 28.6 Å². The Kier molecular flexibility index (Phi) is 3.28. The van der Waals surface area contributed by atoms with Gasteiger partial charge in [-0.25, -0.2) is 0 Å². The number of aromatic nitrogens is 1. The molecular weight excluding hydrogens is 266 g/mol. The van der Waals surface area contributed by atoms with E-state index in [4.69, 9.17) is 5.73 Å². The maximum atomic E-state index is 5.96. The molecule has 3 rings (SSSR count). The Balaban J connectivity index is 2.12. The minimum absolute atomic E-state index is 0.294. The van der Waals surface area contributed by atoms with Gasteiger partial charge in [0.1, 0.15) is 0 Å². The topological polar surface area (TPSA) is 42.1 Å². The van der Waals surface area contributed by atoms with E-state index >= 15 is 0 Å². The van der Waals surface area contributed by atoms with Gasteiger partial charge in [0, 0.05) is 46.0 Å². The summed E-state index contributed by atoms with van der Waals surface area (Å²) in [5, 5.41) is 1.17. The number of benzene rings is 1. The fraction of sp³-hybridized carbons (Fsp3) is 0.438. The summed E-state index contributed by atoms with van der Waals surface area (Å²) in [6.07, 6.45) is 0. The third kappa shape index (κ3) is 2.57. The number of hydrogen-bond acceptors (Lipinski definition) is 4. The van der Waals surface area contributed by atoms with Crippen LogP contribution in [0.3, 0.4) is 0 Å². The van der Waals surface area contributed by atoms with Gasteiger partial charge in [-0.3, -0.25) is 4.98 Å². The molecule has 2 heterocycles. The summed E-state index contributed by atoms with van der Waals surface area (Å²) in [6, 6.07) is 8.18. The van der Waals surface area contributed by atoms with Gasteiger partial charge in [-0.05, 0) is 45.0 Å². The minimum atomic E-state index is 0.294. The lowest BCUT2D eigenvalue weighted by molar-refractivity contribution is 0.649. The lowest BCUT2D eigenvalue weighted by Gasteiger charge is -2.39. The number of pyridine rings is 1. The number of nitrogens with two attached hydrogens (primary N) is 1. The van der Waals surface area contributed by atoms with Crippen molar-refractivity contribution >= 4 is 34.0 Å². The van der Waals surface area contributed by atoms with Crippen LogP contribution in [0.4, 0.5) is 11.4 Å². The molecule has 0 amide bonds. The zero-order valence-electron chi connectivity index (χ0n) is 12.3. The van der Waals surface area contributed by atoms with E-state index in [2.05, 4.69) is 36.7 Å². The number of nitrogens with zero attached hydrogens (tertiary/aromatic N) is 2. The van der Waals surface area contributed by atoms with Crippen LogP contribution in [0, 0.1) is 6.92 Å². The molecule has 0 saturated carbocycles. The Morgan fingerprint density at radius 3 is 2.85 bits per heavy atom. The SMILES string of the molecule is Cc1cc(N2CCSC(C)(C)C2)c2cc(N)ccc2n1. The lowest BCUT2D eigenvalue weighted by atomic mass is 10.1. The molecule has 2 aromatic rings. The average Bonchev–Trinajstić information content (AvgIpc) is 2.37. The second kappa shape index (κ2) is 4.85. The van der Waals surface area contributed by atoms with Crippen molar-refractivity contribution in [3.8, 4) is 0 Å². The van der Waals surface area contributed by atoms with Crippen LogP contribution in [0.1, 0.15) is 19.5 Å². The van der Waals surface area contributed by atoms with E-state index in [1.807, 2.05) is 30.0 Å². The summed E-state index contributed by atoms with van der Waals surface area (Å²) >= 11 is 2.05. The van der Waals surface area contributed by atoms with Gasteiger partial charge in [-0.2, -0.15) is 11.8 Å². The maximum absolute atomic E-state index is 5.96. The van der Waals surface area contributed by atoms with Gasteiger partial charge in [0.25, 0.3) is 0 Å². The molecule has 0 radical (unpaired) electrons. The zero-order chi connectivity index (χ0) is 14.3. The Hall–Kier alpha value is -1.42. The molecule has 0 atom stereocenters. The molecule has 1 aromatic heterocycles. The zero-order valence-corrected chi connectivity index (χ0v) is 13.1. The highest BCUT2D eigenvalue weighted by molar-refractivity contribution is 8.00. The van der Waals surface area contributed by atoms with Crippen molar-refractivity contribution in [3.05, 3.63) is 30.0 Å². The molecule has 0 bridgehead atoms. The van der Waals surface area contributed by atoms with Gasteiger partial charge in [-0.15, -0.1) is 0 Å². The summed E-state index contributed by atoms with van der Waals surface area (Å²) in [5.74, 6) is 1.16. The summed E-state index contributed by atoms with van der Waals surface area (Å²) in [7, 11) is 0. The van der Waals surface area contributed by atoms with Crippen LogP contribution >= 0.6 is 11.8 Å². The Morgan fingerprint density at radius 2 is 2.10 bits per heavy atom. The highest BCUT2D eigenvalue weighted by Crippen LogP contribution is 2.35. The van der Waals surface area contributed by atoms with E-state index in [-0.39, 0.29) is 0 Å². The van der Waals surface area contributed by atoms with Gasteiger partial charge in [0.05, 0.1) is 5.52 Å². The van der Waals surface area contributed by atoms with Gasteiger partial charge in [0.15, 0.2) is 0 Å². The van der Waals surface area contributed by atoms with Gasteiger partial charge < -0.3 is 10.6 Å². The maximum Gasteiger partial charge on any atom is 0.0727 e. The molecular formula is C16H21N3S. The predicted molar refractivity (Wildman–Crippen MR) is 89.6 cm³/mol. The molecule has 4 heteroatoms. The van der Waals surface area contributed by atoms with E-state index in [0.29, 0.717) is 4.75 Å². The second-order valence-electron chi connectivity index (χ2n) is 6.09. The molecule has 106 valence electrons. The summed E-state index contributed by atoms with van der Waals surface area (Å²) in [5.41, 5.74) is 10.1. The lowest BCUT2D eigenvalue weighted by Crippen LogP contribution is -2.43. The fourth-order valence-electron chi connectivity index (χ4n) is 2.84. The van der Waals surface area contributed by atoms with E-state index < -0.39 is 0 Å². The molecule has 1 aliphatic rings. The minimum Gasteiger partial charge on any atom is -0.399 e. The van der Waals surface area contributed by atoms with E-state index in [0.717, 1.165) is 35.7 Å². The molecule has 1 saturated heterocycles. The molecule has 0 unspecified atom stereocenters. The number of aryl methyl sites for hydroxylation is 1. The molecule has 1 aliphatic heterocycles. The number of fused-ring (bicyclic) bond motifs is 1. The van der Waals surface area contributed by atoms with E-state index in [1.165, 1.54) is 11.1 Å². The van der Waals surface area contributed by atoms with Crippen molar-refractivity contribution in [3.63, 3.8) is 0 Å². The smallest absolute Gasteiger partial charge is 0.0727 e. The normalized spacial score (nSPS) is 18.4. The largest absolute Gasteiger partial charge is 0.399 e. The van der Waals surface area contributed by atoms with E-state index in [1.54, 1.807) is 0 Å². The second-order valence-corrected chi connectivity index (χ2v) is 7.89. The monoisotopic (exact) mass is 287 g/mol. The quantitative estimate of drug-likeness (QED) is 0.816. The molecule has 1 aromatic carbocycles. The van der Waals surface area contributed by atoms with Crippen LogP contribution in [-0.2, 0) is 0 Å². The number of anilines is 2. The van der Waals surface area contributed by atoms with Gasteiger partial charge in [0.2, 0.25) is 0 Å². The highest BCUT2D eigenvalue weighted by atomic mass is 32.2. The van der Waals surface area contributed by atoms with Gasteiger partial charge in [-0.1, -0.05) is 0 Å². The standard InChI is InChI=1S/C16H21N3S/c1-11-8-15(19-6-7-20-16(2,3)10-19)13-9-12(17)4-5-14(13)18-11/h4-5,8-9H,6-7,10,17H2,1-3H3. The average molecular weight is 287 g/mol. The molecule has 20 heavy (non-hydrogen) atoms. The van der Waals surface area contributed by atoms with Crippen molar-refractivity contribution < 1.29 is 0 Å². The van der Waals surface area contributed by atoms with Crippen LogP contribution < -0.4 is 10.6 Å². The van der Waals surface area contributed by atoms with Crippen LogP contribution in [0.2, 0.25) is 0 Å². The number of hydrogen-bond donors (Lipinski definition) is 1. The first-order valence-electron chi connectivity index (χ1n) is 7.00. The molecule has 2 N–H and O–H groups in total. The Morgan fingerprint density at radius 1 is 1.30 bits per heavy atom. The van der Waals surface area contributed by atoms with Crippen LogP contribution in [0.5, 0.6) is 0 Å². The first-order chi connectivity index (χ1) is 9.44. The van der Waals surface area contributed by atoms with E-state index in [9.17, 15) is 0 Å². The Labute approximate surface area is 124 Å². The number of rotatable bonds is 1. The summed E-state index contributed by atoms with van der Waals surface area (Å²) in [6.45, 7) is 8.83. The molecule has 1 fully saturated rings. The highest BCUT2D eigenvalue weighted by Gasteiger charge is 2.28. The van der Waals surface area contributed by atoms with Crippen LogP contribution in [0.15, 0.2) is 24.3 Å². The van der Waals surface area contributed by atoms with Crippen molar-refractivity contribution in [2.24, 2.45) is 0 Å². The van der Waals surface area contributed by atoms with Crippen molar-refractivity contribution in [2.45, 2.75) is 25.5 Å². The molecule has 3 nitrogen and oxygen atoms in total. The number of thioether (sulfide) groups is 1. The molecule has 0 aliphatic carbocycles. The first-order valence-corrected chi connectivity index (χ1v) is 7.99. The Bertz CT molecular complexity index is 651. The third-order valence-electron chi connectivity index (χ3n) is 3.71. The molecule has 0 spiro atoms. The van der Waals surface area contributed by atoms with Crippen molar-refractivity contribution in [2.75, 3.05) is 29.5 Å². The summed E-state index contributed by atoms with van der Waals surface area (Å²) in [4.78, 5) is 7.10. The van der Waals surface area contributed by atoms with Crippen molar-refractivity contribution in [1.82, 2.24) is 4.98 Å². The predicted octanol–water partition coefficient (Wildman–Crippen LogP) is 3.46. The summed E-state index contributed by atoms with van der Waals surface area (Å²) < 4.78 is 0.294. The number of nitrogen functional groups attached to an aromatic ring is 1. The van der Waals surface area contributed by atoms with Crippen LogP contribution in [0.25, 0.3) is 10.9 Å².